The number of nitrogens with zero attached hydrogens (tertiary/aromatic N) is 1. The molecular formula is C15H11ClN2. The van der Waals surface area contributed by atoms with E-state index in [0.29, 0.717) is 5.02 Å². The van der Waals surface area contributed by atoms with Crippen LogP contribution in [0.25, 0.3) is 22.0 Å². The fraction of sp³-hybridized carbons (Fsp3) is 0. The van der Waals surface area contributed by atoms with E-state index in [1.165, 1.54) is 0 Å². The predicted molar refractivity (Wildman–Crippen MR) is 76.6 cm³/mol. The Bertz CT molecular complexity index is 717. The van der Waals surface area contributed by atoms with Crippen LogP contribution in [0, 0.1) is 0 Å². The van der Waals surface area contributed by atoms with Crippen molar-refractivity contribution in [3.8, 4) is 11.1 Å². The second-order valence-electron chi connectivity index (χ2n) is 4.11. The zero-order chi connectivity index (χ0) is 12.5. The van der Waals surface area contributed by atoms with Gasteiger partial charge in [-0.15, -0.1) is 0 Å². The maximum Gasteiger partial charge on any atom is 0.0708 e. The van der Waals surface area contributed by atoms with E-state index in [9.17, 15) is 0 Å². The number of fused-ring (bicyclic) bond motifs is 1. The lowest BCUT2D eigenvalue weighted by Gasteiger charge is -2.09. The molecule has 2 nitrogen and oxygen atoms in total. The molecule has 3 heteroatoms. The van der Waals surface area contributed by atoms with E-state index in [4.69, 9.17) is 17.3 Å². The molecule has 88 valence electrons. The van der Waals surface area contributed by atoms with Crippen molar-refractivity contribution in [3.05, 3.63) is 59.8 Å². The van der Waals surface area contributed by atoms with Crippen molar-refractivity contribution in [2.24, 2.45) is 0 Å². The van der Waals surface area contributed by atoms with E-state index in [-0.39, 0.29) is 0 Å². The highest BCUT2D eigenvalue weighted by Gasteiger charge is 2.07. The fourth-order valence-corrected chi connectivity index (χ4v) is 2.27. The average Bonchev–Trinajstić information content (AvgIpc) is 2.41. The number of hydrogen-bond acceptors (Lipinski definition) is 2. The molecule has 0 fully saturated rings. The molecule has 0 atom stereocenters. The molecule has 0 aliphatic rings. The summed E-state index contributed by atoms with van der Waals surface area (Å²) in [4.78, 5) is 4.35. The van der Waals surface area contributed by atoms with Crippen LogP contribution in [0.3, 0.4) is 0 Å². The van der Waals surface area contributed by atoms with Crippen LogP contribution in [0.15, 0.2) is 54.7 Å². The SMILES string of the molecule is Nc1ccc(Cl)cc1-c1cccc2ncccc12. The number of anilines is 1. The zero-order valence-electron chi connectivity index (χ0n) is 9.60. The van der Waals surface area contributed by atoms with Crippen LogP contribution in [0.5, 0.6) is 0 Å². The molecule has 1 heterocycles. The number of pyridine rings is 1. The number of benzene rings is 2. The molecule has 0 saturated carbocycles. The van der Waals surface area contributed by atoms with Crippen molar-refractivity contribution in [2.75, 3.05) is 5.73 Å². The molecule has 18 heavy (non-hydrogen) atoms. The maximum atomic E-state index is 6.05. The molecule has 0 bridgehead atoms. The first-order chi connectivity index (χ1) is 8.75. The van der Waals surface area contributed by atoms with Gasteiger partial charge in [0.2, 0.25) is 0 Å². The fourth-order valence-electron chi connectivity index (χ4n) is 2.10. The molecule has 1 aromatic heterocycles. The Kier molecular flexibility index (Phi) is 2.65. The highest BCUT2D eigenvalue weighted by Crippen LogP contribution is 2.33. The van der Waals surface area contributed by atoms with Crippen molar-refractivity contribution >= 4 is 28.2 Å². The van der Waals surface area contributed by atoms with Gasteiger partial charge >= 0.3 is 0 Å². The van der Waals surface area contributed by atoms with E-state index in [1.54, 1.807) is 12.3 Å². The van der Waals surface area contributed by atoms with Gasteiger partial charge < -0.3 is 5.73 Å². The Morgan fingerprint density at radius 3 is 2.72 bits per heavy atom. The van der Waals surface area contributed by atoms with Gasteiger partial charge in [-0.3, -0.25) is 4.98 Å². The Balaban J connectivity index is 2.35. The van der Waals surface area contributed by atoms with Crippen molar-refractivity contribution in [3.63, 3.8) is 0 Å². The Morgan fingerprint density at radius 1 is 0.944 bits per heavy atom. The van der Waals surface area contributed by atoms with Gasteiger partial charge in [-0.25, -0.2) is 0 Å². The third kappa shape index (κ3) is 1.81. The van der Waals surface area contributed by atoms with Crippen LogP contribution < -0.4 is 5.73 Å². The van der Waals surface area contributed by atoms with E-state index in [0.717, 1.165) is 27.7 Å². The minimum Gasteiger partial charge on any atom is -0.398 e. The monoisotopic (exact) mass is 254 g/mol. The Hall–Kier alpha value is -2.06. The van der Waals surface area contributed by atoms with Gasteiger partial charge in [-0.2, -0.15) is 0 Å². The summed E-state index contributed by atoms with van der Waals surface area (Å²) in [6.07, 6.45) is 1.79. The van der Waals surface area contributed by atoms with Gasteiger partial charge in [0.05, 0.1) is 5.52 Å². The van der Waals surface area contributed by atoms with Crippen LogP contribution in [0.2, 0.25) is 5.02 Å². The number of nitrogens with two attached hydrogens (primary N) is 1. The minimum absolute atomic E-state index is 0.681. The lowest BCUT2D eigenvalue weighted by atomic mass is 9.99. The zero-order valence-corrected chi connectivity index (χ0v) is 10.4. The lowest BCUT2D eigenvalue weighted by molar-refractivity contribution is 1.41. The number of aromatic nitrogens is 1. The summed E-state index contributed by atoms with van der Waals surface area (Å²) in [5.74, 6) is 0. The summed E-state index contributed by atoms with van der Waals surface area (Å²) in [5.41, 5.74) is 9.71. The van der Waals surface area contributed by atoms with Gasteiger partial charge in [0.15, 0.2) is 0 Å². The maximum absolute atomic E-state index is 6.05. The number of halogens is 1. The molecule has 0 amide bonds. The van der Waals surface area contributed by atoms with E-state index >= 15 is 0 Å². The van der Waals surface area contributed by atoms with E-state index in [1.807, 2.05) is 42.5 Å². The van der Waals surface area contributed by atoms with Gasteiger partial charge in [0.1, 0.15) is 0 Å². The highest BCUT2D eigenvalue weighted by molar-refractivity contribution is 6.31. The number of nitrogen functional groups attached to an aromatic ring is 1. The largest absolute Gasteiger partial charge is 0.398 e. The van der Waals surface area contributed by atoms with Crippen LogP contribution >= 0.6 is 11.6 Å². The van der Waals surface area contributed by atoms with E-state index in [2.05, 4.69) is 4.98 Å². The lowest BCUT2D eigenvalue weighted by Crippen LogP contribution is -1.91. The highest BCUT2D eigenvalue weighted by atomic mass is 35.5. The second-order valence-corrected chi connectivity index (χ2v) is 4.54. The van der Waals surface area contributed by atoms with Gasteiger partial charge in [-0.05, 0) is 35.9 Å². The van der Waals surface area contributed by atoms with Gasteiger partial charge in [0.25, 0.3) is 0 Å². The summed E-state index contributed by atoms with van der Waals surface area (Å²) in [7, 11) is 0. The van der Waals surface area contributed by atoms with Crippen molar-refractivity contribution in [1.82, 2.24) is 4.98 Å². The summed E-state index contributed by atoms with van der Waals surface area (Å²) in [6, 6.07) is 15.5. The Morgan fingerprint density at radius 2 is 1.83 bits per heavy atom. The smallest absolute Gasteiger partial charge is 0.0708 e. The molecule has 0 saturated heterocycles. The molecule has 0 spiro atoms. The average molecular weight is 255 g/mol. The van der Waals surface area contributed by atoms with Crippen molar-refractivity contribution in [1.29, 1.82) is 0 Å². The predicted octanol–water partition coefficient (Wildman–Crippen LogP) is 4.14. The minimum atomic E-state index is 0.681. The topological polar surface area (TPSA) is 38.9 Å². The summed E-state index contributed by atoms with van der Waals surface area (Å²) in [6.45, 7) is 0. The van der Waals surface area contributed by atoms with Crippen LogP contribution in [0.4, 0.5) is 5.69 Å². The quantitative estimate of drug-likeness (QED) is 0.663. The molecule has 3 rings (SSSR count). The molecular weight excluding hydrogens is 244 g/mol. The summed E-state index contributed by atoms with van der Waals surface area (Å²) in [5, 5.41) is 1.76. The molecule has 0 unspecified atom stereocenters. The molecule has 0 radical (unpaired) electrons. The first-order valence-corrected chi connectivity index (χ1v) is 6.02. The summed E-state index contributed by atoms with van der Waals surface area (Å²) < 4.78 is 0. The molecule has 2 aromatic carbocycles. The van der Waals surface area contributed by atoms with Crippen LogP contribution in [-0.4, -0.2) is 4.98 Å². The third-order valence-corrected chi connectivity index (χ3v) is 3.19. The normalized spacial score (nSPS) is 10.7. The number of rotatable bonds is 1. The first kappa shape index (κ1) is 11.1. The van der Waals surface area contributed by atoms with Crippen molar-refractivity contribution < 1.29 is 0 Å². The molecule has 2 N–H and O–H groups in total. The summed E-state index contributed by atoms with van der Waals surface area (Å²) >= 11 is 6.05. The van der Waals surface area contributed by atoms with Gasteiger partial charge in [0, 0.05) is 27.9 Å². The molecule has 0 aliphatic heterocycles. The molecule has 3 aromatic rings. The van der Waals surface area contributed by atoms with Crippen molar-refractivity contribution in [2.45, 2.75) is 0 Å². The van der Waals surface area contributed by atoms with E-state index < -0.39 is 0 Å². The number of hydrogen-bond donors (Lipinski definition) is 1. The van der Waals surface area contributed by atoms with Crippen LogP contribution in [-0.2, 0) is 0 Å². The second kappa shape index (κ2) is 4.31. The third-order valence-electron chi connectivity index (χ3n) is 2.95. The molecule has 0 aliphatic carbocycles. The first-order valence-electron chi connectivity index (χ1n) is 5.65. The standard InChI is InChI=1S/C15H11ClN2/c16-10-6-7-14(17)13(9-10)11-3-1-5-15-12(11)4-2-8-18-15/h1-9H,17H2. The van der Waals surface area contributed by atoms with Crippen LogP contribution in [0.1, 0.15) is 0 Å². The van der Waals surface area contributed by atoms with Gasteiger partial charge in [-0.1, -0.05) is 29.8 Å². The Labute approximate surface area is 110 Å².